The number of ketones is 1. The Hall–Kier alpha value is -3.12. The maximum absolute atomic E-state index is 13.3. The van der Waals surface area contributed by atoms with Gasteiger partial charge in [-0.05, 0) is 38.7 Å². The molecule has 0 heterocycles. The average Bonchev–Trinajstić information content (AvgIpc) is 2.75. The van der Waals surface area contributed by atoms with E-state index in [9.17, 15) is 14.4 Å². The number of hydrogen-bond donors (Lipinski definition) is 0. The van der Waals surface area contributed by atoms with Crippen LogP contribution in [0.1, 0.15) is 40.9 Å². The first-order chi connectivity index (χ1) is 14.8. The van der Waals surface area contributed by atoms with Gasteiger partial charge in [-0.2, -0.15) is 0 Å². The summed E-state index contributed by atoms with van der Waals surface area (Å²) in [4.78, 5) is 37.5. The van der Waals surface area contributed by atoms with E-state index < -0.39 is 11.9 Å². The van der Waals surface area contributed by atoms with Crippen LogP contribution in [0.4, 0.5) is 0 Å². The number of hydrogen-bond acceptors (Lipinski definition) is 6. The van der Waals surface area contributed by atoms with Gasteiger partial charge < -0.3 is 9.47 Å². The smallest absolute Gasteiger partial charge is 0.345 e. The lowest BCUT2D eigenvalue weighted by Crippen LogP contribution is -2.09. The molecular weight excluding hydrogens is 412 g/mol. The first kappa shape index (κ1) is 24.2. The van der Waals surface area contributed by atoms with Crippen LogP contribution in [-0.2, 0) is 19.1 Å². The van der Waals surface area contributed by atoms with Crippen molar-refractivity contribution in [1.82, 2.24) is 0 Å². The molecule has 5 nitrogen and oxygen atoms in total. The Morgan fingerprint density at radius 3 is 1.84 bits per heavy atom. The van der Waals surface area contributed by atoms with Crippen molar-refractivity contribution in [1.29, 1.82) is 0 Å². The number of carbonyl (C=O) groups is 3. The minimum absolute atomic E-state index is 0.0432. The summed E-state index contributed by atoms with van der Waals surface area (Å²) < 4.78 is 9.95. The predicted molar refractivity (Wildman–Crippen MR) is 124 cm³/mol. The molecule has 0 aromatic heterocycles. The van der Waals surface area contributed by atoms with E-state index in [1.807, 2.05) is 50.2 Å². The van der Waals surface area contributed by atoms with Crippen molar-refractivity contribution in [2.24, 2.45) is 0 Å². The Labute approximate surface area is 187 Å². The largest absolute Gasteiger partial charge is 0.463 e. The van der Waals surface area contributed by atoms with Crippen molar-refractivity contribution >= 4 is 35.1 Å². The zero-order valence-corrected chi connectivity index (χ0v) is 19.0. The molecule has 0 aliphatic rings. The van der Waals surface area contributed by atoms with Crippen molar-refractivity contribution in [3.05, 3.63) is 87.2 Å². The maximum Gasteiger partial charge on any atom is 0.345 e. The second-order valence-corrected chi connectivity index (χ2v) is 7.60. The van der Waals surface area contributed by atoms with Crippen molar-refractivity contribution < 1.29 is 23.9 Å². The summed E-state index contributed by atoms with van der Waals surface area (Å²) in [5, 5.41) is 1.58. The number of esters is 2. The molecule has 0 aliphatic heterocycles. The van der Waals surface area contributed by atoms with Gasteiger partial charge in [0.15, 0.2) is 5.78 Å². The topological polar surface area (TPSA) is 69.7 Å². The molecule has 0 N–H and O–H groups in total. The van der Waals surface area contributed by atoms with Gasteiger partial charge >= 0.3 is 11.9 Å². The molecule has 0 atom stereocenters. The molecule has 0 bridgehead atoms. The van der Waals surface area contributed by atoms with Crippen molar-refractivity contribution in [2.75, 3.05) is 13.2 Å². The summed E-state index contributed by atoms with van der Waals surface area (Å²) in [7, 11) is 0. The fourth-order valence-electron chi connectivity index (χ4n) is 2.60. The monoisotopic (exact) mass is 438 g/mol. The Bertz CT molecular complexity index is 986. The Kier molecular flexibility index (Phi) is 9.28. The van der Waals surface area contributed by atoms with Gasteiger partial charge in [-0.1, -0.05) is 71.4 Å². The van der Waals surface area contributed by atoms with Crippen molar-refractivity contribution in [3.63, 3.8) is 0 Å². The van der Waals surface area contributed by atoms with Gasteiger partial charge in [0.1, 0.15) is 4.91 Å². The first-order valence-electron chi connectivity index (χ1n) is 9.96. The number of thioether (sulfide) groups is 1. The molecule has 0 radical (unpaired) electrons. The second-order valence-electron chi connectivity index (χ2n) is 6.69. The number of carbonyl (C=O) groups excluding carboxylic acids is 3. The van der Waals surface area contributed by atoms with E-state index in [0.29, 0.717) is 16.7 Å². The van der Waals surface area contributed by atoms with E-state index in [2.05, 4.69) is 0 Å². The van der Waals surface area contributed by atoms with Crippen molar-refractivity contribution in [2.45, 2.75) is 27.7 Å². The lowest BCUT2D eigenvalue weighted by Gasteiger charge is -2.10. The second kappa shape index (κ2) is 11.9. The van der Waals surface area contributed by atoms with Gasteiger partial charge in [0.05, 0.1) is 13.2 Å². The third-order valence-electron chi connectivity index (χ3n) is 4.24. The standard InChI is InChI=1S/C25H26O5S/c1-5-29-23(26)15-22(25(28)30-6-2)31-16-21(19-11-7-17(3)8-12-19)24(27)20-13-9-18(4)10-14-20/h7-16H,5-6H2,1-4H3/b21-16+,22-15-. The van der Waals surface area contributed by atoms with Gasteiger partial charge in [0, 0.05) is 17.2 Å². The Balaban J connectivity index is 2.46. The lowest BCUT2D eigenvalue weighted by molar-refractivity contribution is -0.140. The SMILES string of the molecule is CCOC(=O)/C=C(\S/C=C(/C(=O)c1ccc(C)cc1)c1ccc(C)cc1)C(=O)OCC. The van der Waals surface area contributed by atoms with Crippen LogP contribution < -0.4 is 0 Å². The third kappa shape index (κ3) is 7.26. The molecule has 6 heteroatoms. The van der Waals surface area contributed by atoms with E-state index >= 15 is 0 Å². The molecule has 2 aromatic carbocycles. The van der Waals surface area contributed by atoms with E-state index in [4.69, 9.17) is 9.47 Å². The van der Waals surface area contributed by atoms with Crippen LogP contribution in [-0.4, -0.2) is 30.9 Å². The summed E-state index contributed by atoms with van der Waals surface area (Å²) in [6.07, 6.45) is 1.09. The fraction of sp³-hybridized carbons (Fsp3) is 0.240. The van der Waals surface area contributed by atoms with Gasteiger partial charge in [0.2, 0.25) is 0 Å². The molecule has 0 unspecified atom stereocenters. The van der Waals surface area contributed by atoms with E-state index in [1.165, 1.54) is 0 Å². The zero-order chi connectivity index (χ0) is 22.8. The fourth-order valence-corrected chi connectivity index (χ4v) is 3.41. The van der Waals surface area contributed by atoms with E-state index in [0.717, 1.165) is 29.0 Å². The number of allylic oxidation sites excluding steroid dienone is 1. The quantitative estimate of drug-likeness (QED) is 0.302. The van der Waals surface area contributed by atoms with Crippen molar-refractivity contribution in [3.8, 4) is 0 Å². The predicted octanol–water partition coefficient (Wildman–Crippen LogP) is 5.27. The van der Waals surface area contributed by atoms with Crippen LogP contribution in [0.5, 0.6) is 0 Å². The van der Waals surface area contributed by atoms with Gasteiger partial charge in [0.25, 0.3) is 0 Å². The summed E-state index contributed by atoms with van der Waals surface area (Å²) in [5.41, 5.74) is 3.77. The summed E-state index contributed by atoms with van der Waals surface area (Å²) in [5.74, 6) is -1.48. The van der Waals surface area contributed by atoms with E-state index in [-0.39, 0.29) is 23.9 Å². The molecule has 0 aliphatic carbocycles. The number of Topliss-reactive ketones (excluding diaryl/α,β-unsaturated/α-hetero) is 1. The summed E-state index contributed by atoms with van der Waals surface area (Å²) >= 11 is 0.960. The lowest BCUT2D eigenvalue weighted by atomic mass is 9.97. The molecule has 162 valence electrons. The number of rotatable bonds is 9. The summed E-state index contributed by atoms with van der Waals surface area (Å²) in [6.45, 7) is 7.62. The number of ether oxygens (including phenoxy) is 2. The molecule has 2 aromatic rings. The Morgan fingerprint density at radius 2 is 1.32 bits per heavy atom. The van der Waals surface area contributed by atoms with Crippen LogP contribution in [0.25, 0.3) is 5.57 Å². The number of benzene rings is 2. The molecule has 0 saturated carbocycles. The average molecular weight is 439 g/mol. The van der Waals surface area contributed by atoms with Crippen LogP contribution in [0.3, 0.4) is 0 Å². The highest BCUT2D eigenvalue weighted by atomic mass is 32.2. The van der Waals surface area contributed by atoms with Crippen LogP contribution in [0, 0.1) is 13.8 Å². The Morgan fingerprint density at radius 1 is 0.806 bits per heavy atom. The molecular formula is C25H26O5S. The molecule has 31 heavy (non-hydrogen) atoms. The van der Waals surface area contributed by atoms with Crippen LogP contribution in [0.2, 0.25) is 0 Å². The van der Waals surface area contributed by atoms with Gasteiger partial charge in [-0.25, -0.2) is 9.59 Å². The highest BCUT2D eigenvalue weighted by molar-refractivity contribution is 8.06. The van der Waals surface area contributed by atoms with Crippen LogP contribution >= 0.6 is 11.8 Å². The normalized spacial score (nSPS) is 11.7. The summed E-state index contributed by atoms with van der Waals surface area (Å²) in [6, 6.07) is 14.8. The minimum atomic E-state index is -0.650. The van der Waals surface area contributed by atoms with Crippen LogP contribution in [0.15, 0.2) is 64.9 Å². The highest BCUT2D eigenvalue weighted by Gasteiger charge is 2.18. The maximum atomic E-state index is 13.3. The molecule has 0 spiro atoms. The number of aryl methyl sites for hydroxylation is 2. The van der Waals surface area contributed by atoms with Gasteiger partial charge in [-0.15, -0.1) is 0 Å². The molecule has 0 fully saturated rings. The first-order valence-corrected chi connectivity index (χ1v) is 10.8. The molecule has 0 amide bonds. The zero-order valence-electron chi connectivity index (χ0n) is 18.1. The highest BCUT2D eigenvalue weighted by Crippen LogP contribution is 2.28. The molecule has 2 rings (SSSR count). The van der Waals surface area contributed by atoms with E-state index in [1.54, 1.807) is 31.4 Å². The molecule has 0 saturated heterocycles. The third-order valence-corrected chi connectivity index (χ3v) is 5.13. The minimum Gasteiger partial charge on any atom is -0.463 e. The van der Waals surface area contributed by atoms with Gasteiger partial charge in [-0.3, -0.25) is 4.79 Å².